The molecule has 0 aromatic heterocycles. The number of carbonyl (C=O) groups excluding carboxylic acids is 1. The summed E-state index contributed by atoms with van der Waals surface area (Å²) in [4.78, 5) is 11.1. The zero-order chi connectivity index (χ0) is 15.2. The summed E-state index contributed by atoms with van der Waals surface area (Å²) in [7, 11) is 1.42. The molecule has 0 amide bonds. The Morgan fingerprint density at radius 2 is 2.14 bits per heavy atom. The highest BCUT2D eigenvalue weighted by molar-refractivity contribution is 6.42. The van der Waals surface area contributed by atoms with Crippen molar-refractivity contribution in [1.82, 2.24) is 5.32 Å². The van der Waals surface area contributed by atoms with E-state index in [9.17, 15) is 4.79 Å². The van der Waals surface area contributed by atoms with Crippen LogP contribution in [0.5, 0.6) is 0 Å². The van der Waals surface area contributed by atoms with E-state index in [-0.39, 0.29) is 5.97 Å². The molecule has 21 heavy (non-hydrogen) atoms. The van der Waals surface area contributed by atoms with E-state index in [1.165, 1.54) is 19.1 Å². The standard InChI is InChI=1S/C16H21Cl2NO2/c1-21-16(20)6-3-9-19-15-5-2-4-12(15)11-7-8-13(17)14(18)10-11/h7-8,10,12,15,19H,2-6,9H2,1H3. The van der Waals surface area contributed by atoms with Crippen LogP contribution in [-0.4, -0.2) is 25.7 Å². The van der Waals surface area contributed by atoms with Crippen molar-refractivity contribution in [2.45, 2.75) is 44.1 Å². The van der Waals surface area contributed by atoms with Crippen molar-refractivity contribution in [3.8, 4) is 0 Å². The number of rotatable bonds is 6. The van der Waals surface area contributed by atoms with Crippen LogP contribution >= 0.6 is 23.2 Å². The number of hydrogen-bond acceptors (Lipinski definition) is 3. The lowest BCUT2D eigenvalue weighted by Gasteiger charge is -2.22. The molecular formula is C16H21Cl2NO2. The van der Waals surface area contributed by atoms with E-state index < -0.39 is 0 Å². The van der Waals surface area contributed by atoms with Gasteiger partial charge in [0.15, 0.2) is 0 Å². The van der Waals surface area contributed by atoms with Crippen molar-refractivity contribution in [2.24, 2.45) is 0 Å². The Morgan fingerprint density at radius 3 is 2.86 bits per heavy atom. The quantitative estimate of drug-likeness (QED) is 0.628. The fourth-order valence-electron chi connectivity index (χ4n) is 2.97. The van der Waals surface area contributed by atoms with E-state index in [2.05, 4.69) is 16.1 Å². The maximum Gasteiger partial charge on any atom is 0.305 e. The minimum Gasteiger partial charge on any atom is -0.469 e. The van der Waals surface area contributed by atoms with E-state index in [0.29, 0.717) is 28.4 Å². The van der Waals surface area contributed by atoms with Gasteiger partial charge in [-0.2, -0.15) is 0 Å². The number of benzene rings is 1. The first-order chi connectivity index (χ1) is 10.1. The van der Waals surface area contributed by atoms with E-state index in [0.717, 1.165) is 25.8 Å². The minimum atomic E-state index is -0.149. The van der Waals surface area contributed by atoms with Crippen LogP contribution in [0.15, 0.2) is 18.2 Å². The first kappa shape index (κ1) is 16.6. The summed E-state index contributed by atoms with van der Waals surface area (Å²) in [5.41, 5.74) is 1.24. The van der Waals surface area contributed by atoms with Crippen molar-refractivity contribution >= 4 is 29.2 Å². The molecule has 0 bridgehead atoms. The Bertz CT molecular complexity index is 493. The van der Waals surface area contributed by atoms with Gasteiger partial charge in [0, 0.05) is 12.5 Å². The molecule has 0 aliphatic heterocycles. The fraction of sp³-hybridized carbons (Fsp3) is 0.562. The highest BCUT2D eigenvalue weighted by Crippen LogP contribution is 2.37. The lowest BCUT2D eigenvalue weighted by atomic mass is 9.94. The molecule has 1 aliphatic carbocycles. The van der Waals surface area contributed by atoms with Crippen molar-refractivity contribution in [1.29, 1.82) is 0 Å². The smallest absolute Gasteiger partial charge is 0.305 e. The van der Waals surface area contributed by atoms with Crippen LogP contribution in [0.1, 0.15) is 43.6 Å². The van der Waals surface area contributed by atoms with Gasteiger partial charge in [-0.25, -0.2) is 0 Å². The van der Waals surface area contributed by atoms with Crippen LogP contribution < -0.4 is 5.32 Å². The zero-order valence-electron chi connectivity index (χ0n) is 12.2. The average molecular weight is 330 g/mol. The molecule has 1 aromatic rings. The summed E-state index contributed by atoms with van der Waals surface area (Å²) in [5, 5.41) is 4.77. The molecule has 0 heterocycles. The average Bonchev–Trinajstić information content (AvgIpc) is 2.94. The lowest BCUT2D eigenvalue weighted by molar-refractivity contribution is -0.140. The van der Waals surface area contributed by atoms with Gasteiger partial charge in [-0.3, -0.25) is 4.79 Å². The highest BCUT2D eigenvalue weighted by atomic mass is 35.5. The van der Waals surface area contributed by atoms with Crippen molar-refractivity contribution < 1.29 is 9.53 Å². The Balaban J connectivity index is 1.88. The maximum absolute atomic E-state index is 11.1. The van der Waals surface area contributed by atoms with Gasteiger partial charge in [0.2, 0.25) is 0 Å². The molecule has 1 saturated carbocycles. The number of carbonyl (C=O) groups is 1. The SMILES string of the molecule is COC(=O)CCCNC1CCCC1c1ccc(Cl)c(Cl)c1. The Hall–Kier alpha value is -0.770. The van der Waals surface area contributed by atoms with E-state index in [4.69, 9.17) is 23.2 Å². The summed E-state index contributed by atoms with van der Waals surface area (Å²) in [6.07, 6.45) is 4.79. The molecule has 2 atom stereocenters. The number of halogens is 2. The van der Waals surface area contributed by atoms with Gasteiger partial charge in [0.25, 0.3) is 0 Å². The summed E-state index contributed by atoms with van der Waals surface area (Å²) in [5.74, 6) is 0.321. The van der Waals surface area contributed by atoms with Crippen LogP contribution in [0.3, 0.4) is 0 Å². The van der Waals surface area contributed by atoms with Crippen molar-refractivity contribution in [3.05, 3.63) is 33.8 Å². The van der Waals surface area contributed by atoms with Crippen LogP contribution in [0.25, 0.3) is 0 Å². The van der Waals surface area contributed by atoms with Crippen LogP contribution in [0, 0.1) is 0 Å². The summed E-state index contributed by atoms with van der Waals surface area (Å²) in [6, 6.07) is 6.35. The molecule has 1 fully saturated rings. The molecule has 0 spiro atoms. The third kappa shape index (κ3) is 4.60. The molecule has 3 nitrogen and oxygen atoms in total. The molecule has 2 rings (SSSR count). The summed E-state index contributed by atoms with van der Waals surface area (Å²) in [6.45, 7) is 0.831. The normalized spacial score (nSPS) is 21.5. The first-order valence-electron chi connectivity index (χ1n) is 7.37. The zero-order valence-corrected chi connectivity index (χ0v) is 13.7. The Kier molecular flexibility index (Phi) is 6.34. The third-order valence-corrected chi connectivity index (χ3v) is 4.82. The van der Waals surface area contributed by atoms with E-state index in [1.807, 2.05) is 12.1 Å². The topological polar surface area (TPSA) is 38.3 Å². The largest absolute Gasteiger partial charge is 0.469 e. The molecule has 116 valence electrons. The number of ether oxygens (including phenoxy) is 1. The molecule has 1 aromatic carbocycles. The van der Waals surface area contributed by atoms with E-state index >= 15 is 0 Å². The second-order valence-electron chi connectivity index (χ2n) is 5.45. The second kappa shape index (κ2) is 8.02. The molecule has 1 N–H and O–H groups in total. The molecule has 2 unspecified atom stereocenters. The van der Waals surface area contributed by atoms with Crippen LogP contribution in [0.2, 0.25) is 10.0 Å². The fourth-order valence-corrected chi connectivity index (χ4v) is 3.28. The van der Waals surface area contributed by atoms with Gasteiger partial charge >= 0.3 is 5.97 Å². The van der Waals surface area contributed by atoms with Gasteiger partial charge in [0.1, 0.15) is 0 Å². The van der Waals surface area contributed by atoms with Gasteiger partial charge in [-0.1, -0.05) is 35.7 Å². The third-order valence-electron chi connectivity index (χ3n) is 4.08. The molecule has 5 heteroatoms. The maximum atomic E-state index is 11.1. The van der Waals surface area contributed by atoms with Crippen LogP contribution in [0.4, 0.5) is 0 Å². The number of hydrogen-bond donors (Lipinski definition) is 1. The summed E-state index contributed by atoms with van der Waals surface area (Å²) >= 11 is 12.1. The van der Waals surface area contributed by atoms with Crippen LogP contribution in [-0.2, 0) is 9.53 Å². The molecular weight excluding hydrogens is 309 g/mol. The second-order valence-corrected chi connectivity index (χ2v) is 6.27. The molecule has 0 saturated heterocycles. The Morgan fingerprint density at radius 1 is 1.33 bits per heavy atom. The summed E-state index contributed by atoms with van der Waals surface area (Å²) < 4.78 is 4.64. The Labute approximate surface area is 136 Å². The number of esters is 1. The van der Waals surface area contributed by atoms with E-state index in [1.54, 1.807) is 0 Å². The van der Waals surface area contributed by atoms with Crippen molar-refractivity contribution in [3.63, 3.8) is 0 Å². The number of nitrogens with one attached hydrogen (secondary N) is 1. The minimum absolute atomic E-state index is 0.149. The van der Waals surface area contributed by atoms with Gasteiger partial charge in [-0.15, -0.1) is 0 Å². The van der Waals surface area contributed by atoms with Gasteiger partial charge in [0.05, 0.1) is 17.2 Å². The predicted molar refractivity (Wildman–Crippen MR) is 86.1 cm³/mol. The van der Waals surface area contributed by atoms with Crippen molar-refractivity contribution in [2.75, 3.05) is 13.7 Å². The van der Waals surface area contributed by atoms with Gasteiger partial charge < -0.3 is 10.1 Å². The molecule has 1 aliphatic rings. The monoisotopic (exact) mass is 329 g/mol. The highest BCUT2D eigenvalue weighted by Gasteiger charge is 2.28. The lowest BCUT2D eigenvalue weighted by Crippen LogP contribution is -2.32. The predicted octanol–water partition coefficient (Wildman–Crippen LogP) is 4.17. The van der Waals surface area contributed by atoms with Gasteiger partial charge in [-0.05, 0) is 49.4 Å². The number of methoxy groups -OCH3 is 1. The molecule has 0 radical (unpaired) electrons. The first-order valence-corrected chi connectivity index (χ1v) is 8.12.